The molecule has 1 aromatic carbocycles. The first kappa shape index (κ1) is 23.1. The van der Waals surface area contributed by atoms with Gasteiger partial charge in [0.2, 0.25) is 0 Å². The SMILES string of the molecule is Cc1cc(F)c(C(=O)Nc2cccc(C(=N)N(N)C(C)C)n2)cc1-c1ccn(C(C)C)n1. The van der Waals surface area contributed by atoms with Crippen LogP contribution in [0.2, 0.25) is 0 Å². The van der Waals surface area contributed by atoms with Crippen LogP contribution in [0.1, 0.15) is 55.4 Å². The number of rotatable bonds is 6. The molecule has 2 heterocycles. The Morgan fingerprint density at radius 2 is 1.94 bits per heavy atom. The molecule has 0 radical (unpaired) electrons. The van der Waals surface area contributed by atoms with Gasteiger partial charge in [-0.2, -0.15) is 5.10 Å². The van der Waals surface area contributed by atoms with Crippen molar-refractivity contribution in [2.24, 2.45) is 5.84 Å². The maximum absolute atomic E-state index is 14.7. The molecule has 0 saturated heterocycles. The minimum Gasteiger partial charge on any atom is -0.306 e. The molecule has 3 aromatic rings. The van der Waals surface area contributed by atoms with Crippen LogP contribution >= 0.6 is 0 Å². The molecule has 32 heavy (non-hydrogen) atoms. The first-order valence-electron chi connectivity index (χ1n) is 10.4. The van der Waals surface area contributed by atoms with Gasteiger partial charge in [-0.1, -0.05) is 6.07 Å². The zero-order valence-electron chi connectivity index (χ0n) is 18.8. The lowest BCUT2D eigenvalue weighted by molar-refractivity contribution is 0.102. The molecular formula is C23H28FN7O. The molecule has 0 aliphatic rings. The number of hydrazine groups is 1. The number of hydrogen-bond acceptors (Lipinski definition) is 5. The highest BCUT2D eigenvalue weighted by molar-refractivity contribution is 6.05. The maximum Gasteiger partial charge on any atom is 0.259 e. The zero-order valence-corrected chi connectivity index (χ0v) is 18.8. The van der Waals surface area contributed by atoms with E-state index < -0.39 is 11.7 Å². The lowest BCUT2D eigenvalue weighted by Gasteiger charge is -2.23. The molecule has 0 spiro atoms. The number of pyridine rings is 1. The van der Waals surface area contributed by atoms with E-state index in [1.807, 2.05) is 40.0 Å². The second-order valence-corrected chi connectivity index (χ2v) is 8.13. The Balaban J connectivity index is 1.88. The molecule has 0 aliphatic carbocycles. The highest BCUT2D eigenvalue weighted by Gasteiger charge is 2.19. The van der Waals surface area contributed by atoms with Crippen molar-refractivity contribution in [1.29, 1.82) is 5.41 Å². The first-order valence-corrected chi connectivity index (χ1v) is 10.4. The van der Waals surface area contributed by atoms with Crippen LogP contribution in [0.25, 0.3) is 11.3 Å². The summed E-state index contributed by atoms with van der Waals surface area (Å²) in [5.41, 5.74) is 2.20. The Kier molecular flexibility index (Phi) is 6.69. The monoisotopic (exact) mass is 437 g/mol. The van der Waals surface area contributed by atoms with E-state index in [9.17, 15) is 9.18 Å². The fourth-order valence-corrected chi connectivity index (χ4v) is 3.10. The van der Waals surface area contributed by atoms with Gasteiger partial charge in [-0.05, 0) is 70.5 Å². The zero-order chi connectivity index (χ0) is 23.6. The number of nitrogens with two attached hydrogens (primary N) is 1. The molecule has 9 heteroatoms. The van der Waals surface area contributed by atoms with Crippen LogP contribution in [0, 0.1) is 18.2 Å². The second-order valence-electron chi connectivity index (χ2n) is 8.13. The molecule has 0 saturated carbocycles. The van der Waals surface area contributed by atoms with Gasteiger partial charge in [-0.3, -0.25) is 19.9 Å². The Hall–Kier alpha value is -3.59. The summed E-state index contributed by atoms with van der Waals surface area (Å²) in [5, 5.41) is 16.6. The molecule has 8 nitrogen and oxygen atoms in total. The molecule has 4 N–H and O–H groups in total. The molecular weight excluding hydrogens is 409 g/mol. The number of halogens is 1. The summed E-state index contributed by atoms with van der Waals surface area (Å²) in [4.78, 5) is 17.1. The second kappa shape index (κ2) is 9.27. The lowest BCUT2D eigenvalue weighted by atomic mass is 10.0. The van der Waals surface area contributed by atoms with Gasteiger partial charge in [0, 0.05) is 23.8 Å². The summed E-state index contributed by atoms with van der Waals surface area (Å²) in [6.45, 7) is 9.50. The van der Waals surface area contributed by atoms with Gasteiger partial charge in [0.1, 0.15) is 17.3 Å². The van der Waals surface area contributed by atoms with Crippen LogP contribution in [0.5, 0.6) is 0 Å². The topological polar surface area (TPSA) is 113 Å². The van der Waals surface area contributed by atoms with Crippen LogP contribution < -0.4 is 11.2 Å². The smallest absolute Gasteiger partial charge is 0.259 e. The number of carbonyl (C=O) groups excluding carboxylic acids is 1. The van der Waals surface area contributed by atoms with Gasteiger partial charge in [-0.25, -0.2) is 15.2 Å². The van der Waals surface area contributed by atoms with Gasteiger partial charge in [0.15, 0.2) is 5.84 Å². The molecule has 0 aliphatic heterocycles. The van der Waals surface area contributed by atoms with E-state index in [0.717, 1.165) is 0 Å². The molecule has 0 bridgehead atoms. The molecule has 0 unspecified atom stereocenters. The van der Waals surface area contributed by atoms with Crippen LogP contribution in [0.15, 0.2) is 42.6 Å². The van der Waals surface area contributed by atoms with E-state index in [4.69, 9.17) is 11.3 Å². The van der Waals surface area contributed by atoms with Gasteiger partial charge in [-0.15, -0.1) is 0 Å². The van der Waals surface area contributed by atoms with E-state index >= 15 is 0 Å². The van der Waals surface area contributed by atoms with E-state index in [1.165, 1.54) is 17.1 Å². The van der Waals surface area contributed by atoms with Crippen LogP contribution in [-0.4, -0.2) is 37.6 Å². The van der Waals surface area contributed by atoms with Gasteiger partial charge >= 0.3 is 0 Å². The highest BCUT2D eigenvalue weighted by Crippen LogP contribution is 2.26. The summed E-state index contributed by atoms with van der Waals surface area (Å²) in [7, 11) is 0. The van der Waals surface area contributed by atoms with Crippen molar-refractivity contribution in [2.45, 2.75) is 46.7 Å². The number of benzene rings is 1. The summed E-state index contributed by atoms with van der Waals surface area (Å²) < 4.78 is 16.5. The summed E-state index contributed by atoms with van der Waals surface area (Å²) in [6, 6.07) is 9.60. The summed E-state index contributed by atoms with van der Waals surface area (Å²) in [5.74, 6) is 4.82. The number of amides is 1. The van der Waals surface area contributed by atoms with Gasteiger partial charge < -0.3 is 5.32 Å². The minimum atomic E-state index is -0.642. The normalized spacial score (nSPS) is 11.2. The number of nitrogens with zero attached hydrogens (tertiary/aromatic N) is 4. The van der Waals surface area contributed by atoms with Crippen molar-refractivity contribution in [1.82, 2.24) is 19.8 Å². The first-order chi connectivity index (χ1) is 15.1. The number of aryl methyl sites for hydroxylation is 1. The number of nitrogens with one attached hydrogen (secondary N) is 2. The van der Waals surface area contributed by atoms with Crippen LogP contribution in [0.3, 0.4) is 0 Å². The van der Waals surface area contributed by atoms with Gasteiger partial charge in [0.05, 0.1) is 11.3 Å². The standard InChI is InChI=1S/C23H28FN7O/c1-13(2)30-10-9-19(29-30)16-12-17(18(24)11-15(16)5)23(32)28-21-8-6-7-20(27-21)22(25)31(26)14(3)4/h6-14,25H,26H2,1-5H3,(H,27,28,32). The molecule has 0 fully saturated rings. The molecule has 0 atom stereocenters. The number of hydrogen-bond donors (Lipinski definition) is 3. The predicted octanol–water partition coefficient (Wildman–Crippen LogP) is 4.14. The molecule has 168 valence electrons. The fraction of sp³-hybridized carbons (Fsp3) is 0.304. The van der Waals surface area contributed by atoms with Gasteiger partial charge in [0.25, 0.3) is 5.91 Å². The molecule has 2 aromatic heterocycles. The minimum absolute atomic E-state index is 0.0145. The Morgan fingerprint density at radius 3 is 2.56 bits per heavy atom. The number of carbonyl (C=O) groups is 1. The Bertz CT molecular complexity index is 1150. The highest BCUT2D eigenvalue weighted by atomic mass is 19.1. The predicted molar refractivity (Wildman–Crippen MR) is 123 cm³/mol. The fourth-order valence-electron chi connectivity index (χ4n) is 3.10. The van der Waals surface area contributed by atoms with Crippen LogP contribution in [-0.2, 0) is 0 Å². The third kappa shape index (κ3) is 4.83. The summed E-state index contributed by atoms with van der Waals surface area (Å²) >= 11 is 0. The quantitative estimate of drug-likeness (QED) is 0.232. The molecule has 3 rings (SSSR count). The van der Waals surface area contributed by atoms with E-state index in [-0.39, 0.29) is 29.3 Å². The van der Waals surface area contributed by atoms with Crippen molar-refractivity contribution < 1.29 is 9.18 Å². The molecule has 1 amide bonds. The van der Waals surface area contributed by atoms with Crippen molar-refractivity contribution >= 4 is 17.6 Å². The Morgan fingerprint density at radius 1 is 1.22 bits per heavy atom. The number of aromatic nitrogens is 3. The van der Waals surface area contributed by atoms with Crippen LogP contribution in [0.4, 0.5) is 10.2 Å². The van der Waals surface area contributed by atoms with E-state index in [1.54, 1.807) is 29.8 Å². The van der Waals surface area contributed by atoms with E-state index in [2.05, 4.69) is 15.4 Å². The van der Waals surface area contributed by atoms with Crippen molar-refractivity contribution in [3.8, 4) is 11.3 Å². The largest absolute Gasteiger partial charge is 0.306 e. The van der Waals surface area contributed by atoms with E-state index in [0.29, 0.717) is 22.5 Å². The van der Waals surface area contributed by atoms with Crippen molar-refractivity contribution in [2.75, 3.05) is 5.32 Å². The average Bonchev–Trinajstić information content (AvgIpc) is 3.23. The Labute approximate surface area is 186 Å². The lowest BCUT2D eigenvalue weighted by Crippen LogP contribution is -2.43. The number of amidine groups is 1. The maximum atomic E-state index is 14.7. The third-order valence-electron chi connectivity index (χ3n) is 5.02. The third-order valence-corrected chi connectivity index (χ3v) is 5.02. The number of anilines is 1. The van der Waals surface area contributed by atoms with Crippen molar-refractivity contribution in [3.63, 3.8) is 0 Å². The average molecular weight is 438 g/mol. The van der Waals surface area contributed by atoms with Crippen molar-refractivity contribution in [3.05, 3.63) is 65.2 Å². The summed E-state index contributed by atoms with van der Waals surface area (Å²) in [6.07, 6.45) is 1.85.